The van der Waals surface area contributed by atoms with Gasteiger partial charge in [-0.1, -0.05) is 6.07 Å². The predicted octanol–water partition coefficient (Wildman–Crippen LogP) is 0.504. The monoisotopic (exact) mass is 314 g/mol. The Morgan fingerprint density at radius 3 is 2.67 bits per heavy atom. The summed E-state index contributed by atoms with van der Waals surface area (Å²) in [7, 11) is -3.70. The van der Waals surface area contributed by atoms with Crippen molar-refractivity contribution in [1.82, 2.24) is 9.62 Å². The minimum absolute atomic E-state index is 0.0614. The van der Waals surface area contributed by atoms with Gasteiger partial charge in [-0.3, -0.25) is 10.3 Å². The summed E-state index contributed by atoms with van der Waals surface area (Å²) in [5.41, 5.74) is 5.34. The molecule has 1 aromatic rings. The number of sulfonamides is 1. The first-order chi connectivity index (χ1) is 9.87. The van der Waals surface area contributed by atoms with Gasteiger partial charge in [0.05, 0.1) is 11.4 Å². The number of hydrogen-bond acceptors (Lipinski definition) is 4. The largest absolute Gasteiger partial charge is 0.387 e. The predicted molar refractivity (Wildman–Crippen MR) is 78.1 cm³/mol. The van der Waals surface area contributed by atoms with Crippen molar-refractivity contribution in [2.75, 3.05) is 19.6 Å². The Morgan fingerprint density at radius 1 is 1.43 bits per heavy atom. The van der Waals surface area contributed by atoms with E-state index in [0.29, 0.717) is 32.5 Å². The van der Waals surface area contributed by atoms with Crippen LogP contribution in [0.2, 0.25) is 0 Å². The van der Waals surface area contributed by atoms with E-state index in [0.717, 1.165) is 6.07 Å². The second-order valence-electron chi connectivity index (χ2n) is 5.15. The van der Waals surface area contributed by atoms with E-state index in [-0.39, 0.29) is 16.8 Å². The third-order valence-corrected chi connectivity index (χ3v) is 4.93. The molecule has 1 aliphatic heterocycles. The standard InChI is InChI=1S/C13H19FN4O2S/c14-10-2-1-3-12(8-10)21(19,20)17-11-4-6-18(7-5-11)9-13(15)16/h1-3,8,11,17H,4-7,9H2,(H3,15,16). The SMILES string of the molecule is N=C(N)CN1CCC(NS(=O)(=O)c2cccc(F)c2)CC1. The van der Waals surface area contributed by atoms with Gasteiger partial charge in [-0.05, 0) is 31.0 Å². The first-order valence-electron chi connectivity index (χ1n) is 6.70. The Kier molecular flexibility index (Phi) is 4.92. The second kappa shape index (κ2) is 6.50. The molecule has 1 aliphatic rings. The van der Waals surface area contributed by atoms with Gasteiger partial charge in [0.2, 0.25) is 10.0 Å². The van der Waals surface area contributed by atoms with Crippen molar-refractivity contribution in [3.63, 3.8) is 0 Å². The van der Waals surface area contributed by atoms with E-state index in [1.54, 1.807) is 0 Å². The first-order valence-corrected chi connectivity index (χ1v) is 8.18. The van der Waals surface area contributed by atoms with Crippen LogP contribution in [0.15, 0.2) is 29.2 Å². The molecule has 1 fully saturated rings. The fourth-order valence-corrected chi connectivity index (χ4v) is 3.71. The summed E-state index contributed by atoms with van der Waals surface area (Å²) in [4.78, 5) is 1.95. The van der Waals surface area contributed by atoms with Crippen molar-refractivity contribution in [3.8, 4) is 0 Å². The van der Waals surface area contributed by atoms with Crippen molar-refractivity contribution in [3.05, 3.63) is 30.1 Å². The van der Waals surface area contributed by atoms with Crippen LogP contribution in [-0.4, -0.2) is 44.8 Å². The zero-order valence-electron chi connectivity index (χ0n) is 11.5. The lowest BCUT2D eigenvalue weighted by molar-refractivity contribution is 0.231. The highest BCUT2D eigenvalue weighted by molar-refractivity contribution is 7.89. The summed E-state index contributed by atoms with van der Waals surface area (Å²) in [6.07, 6.45) is 1.28. The molecule has 0 unspecified atom stereocenters. The fraction of sp³-hybridized carbons (Fsp3) is 0.462. The van der Waals surface area contributed by atoms with Crippen molar-refractivity contribution >= 4 is 15.9 Å². The molecule has 8 heteroatoms. The number of likely N-dealkylation sites (tertiary alicyclic amines) is 1. The summed E-state index contributed by atoms with van der Waals surface area (Å²) in [6, 6.07) is 4.78. The molecule has 4 N–H and O–H groups in total. The summed E-state index contributed by atoms with van der Waals surface area (Å²) in [5.74, 6) is -0.469. The van der Waals surface area contributed by atoms with Crippen molar-refractivity contribution in [2.45, 2.75) is 23.8 Å². The Hall–Kier alpha value is -1.51. The van der Waals surface area contributed by atoms with Crippen LogP contribution in [0, 0.1) is 11.2 Å². The Bertz CT molecular complexity index is 612. The van der Waals surface area contributed by atoms with E-state index >= 15 is 0 Å². The van der Waals surface area contributed by atoms with Gasteiger partial charge in [-0.15, -0.1) is 0 Å². The molecular formula is C13H19FN4O2S. The Balaban J connectivity index is 1.95. The molecule has 1 heterocycles. The van der Waals surface area contributed by atoms with Crippen molar-refractivity contribution in [2.24, 2.45) is 5.73 Å². The third-order valence-electron chi connectivity index (χ3n) is 3.41. The number of amidine groups is 1. The molecule has 0 saturated carbocycles. The summed E-state index contributed by atoms with van der Waals surface area (Å²) >= 11 is 0. The maximum atomic E-state index is 13.1. The molecule has 0 aromatic heterocycles. The van der Waals surface area contributed by atoms with Gasteiger partial charge in [-0.2, -0.15) is 0 Å². The Labute approximate surface area is 123 Å². The van der Waals surface area contributed by atoms with E-state index in [4.69, 9.17) is 11.1 Å². The molecule has 1 saturated heterocycles. The minimum atomic E-state index is -3.70. The topological polar surface area (TPSA) is 99.3 Å². The lowest BCUT2D eigenvalue weighted by Crippen LogP contribution is -2.46. The van der Waals surface area contributed by atoms with Gasteiger partial charge in [0.15, 0.2) is 0 Å². The highest BCUT2D eigenvalue weighted by Gasteiger charge is 2.24. The zero-order valence-corrected chi connectivity index (χ0v) is 12.4. The minimum Gasteiger partial charge on any atom is -0.387 e. The van der Waals surface area contributed by atoms with Gasteiger partial charge in [0.1, 0.15) is 11.7 Å². The molecule has 0 spiro atoms. The molecule has 1 aromatic carbocycles. The van der Waals surface area contributed by atoms with Crippen LogP contribution in [0.5, 0.6) is 0 Å². The van der Waals surface area contributed by atoms with E-state index < -0.39 is 15.8 Å². The van der Waals surface area contributed by atoms with Crippen LogP contribution in [0.4, 0.5) is 4.39 Å². The van der Waals surface area contributed by atoms with Crippen LogP contribution in [0.25, 0.3) is 0 Å². The molecule has 116 valence electrons. The Morgan fingerprint density at radius 2 is 2.10 bits per heavy atom. The second-order valence-corrected chi connectivity index (χ2v) is 6.87. The van der Waals surface area contributed by atoms with Crippen molar-refractivity contribution < 1.29 is 12.8 Å². The molecule has 21 heavy (non-hydrogen) atoms. The number of benzene rings is 1. The van der Waals surface area contributed by atoms with Crippen LogP contribution < -0.4 is 10.5 Å². The van der Waals surface area contributed by atoms with E-state index in [2.05, 4.69) is 4.72 Å². The van der Waals surface area contributed by atoms with Crippen LogP contribution in [-0.2, 0) is 10.0 Å². The van der Waals surface area contributed by atoms with E-state index in [1.807, 2.05) is 4.90 Å². The van der Waals surface area contributed by atoms with Gasteiger partial charge in [0.25, 0.3) is 0 Å². The van der Waals surface area contributed by atoms with Crippen molar-refractivity contribution in [1.29, 1.82) is 5.41 Å². The van der Waals surface area contributed by atoms with Gasteiger partial charge in [0, 0.05) is 19.1 Å². The quantitative estimate of drug-likeness (QED) is 0.544. The number of nitrogens with two attached hydrogens (primary N) is 1. The average molecular weight is 314 g/mol. The normalized spacial score (nSPS) is 17.8. The lowest BCUT2D eigenvalue weighted by Gasteiger charge is -2.31. The molecule has 0 aliphatic carbocycles. The number of piperidine rings is 1. The summed E-state index contributed by atoms with van der Waals surface area (Å²) in [6.45, 7) is 1.76. The molecular weight excluding hydrogens is 295 g/mol. The zero-order chi connectivity index (χ0) is 15.5. The van der Waals surface area contributed by atoms with Gasteiger partial charge >= 0.3 is 0 Å². The van der Waals surface area contributed by atoms with E-state index in [9.17, 15) is 12.8 Å². The summed E-state index contributed by atoms with van der Waals surface area (Å²) in [5, 5.41) is 7.25. The molecule has 6 nitrogen and oxygen atoms in total. The number of nitrogens with zero attached hydrogens (tertiary/aromatic N) is 1. The van der Waals surface area contributed by atoms with Crippen LogP contribution in [0.1, 0.15) is 12.8 Å². The molecule has 0 bridgehead atoms. The highest BCUT2D eigenvalue weighted by atomic mass is 32.2. The van der Waals surface area contributed by atoms with Crippen LogP contribution in [0.3, 0.4) is 0 Å². The summed E-state index contributed by atoms with van der Waals surface area (Å²) < 4.78 is 40.1. The molecule has 2 rings (SSSR count). The molecule has 0 radical (unpaired) electrons. The number of rotatable bonds is 5. The maximum absolute atomic E-state index is 13.1. The number of nitrogens with one attached hydrogen (secondary N) is 2. The number of halogens is 1. The van der Waals surface area contributed by atoms with Gasteiger partial charge in [-0.25, -0.2) is 17.5 Å². The third kappa shape index (κ3) is 4.48. The van der Waals surface area contributed by atoms with Gasteiger partial charge < -0.3 is 5.73 Å². The fourth-order valence-electron chi connectivity index (χ4n) is 2.37. The van der Waals surface area contributed by atoms with Crippen LogP contribution >= 0.6 is 0 Å². The highest BCUT2D eigenvalue weighted by Crippen LogP contribution is 2.15. The van der Waals surface area contributed by atoms with E-state index in [1.165, 1.54) is 18.2 Å². The average Bonchev–Trinajstić information content (AvgIpc) is 2.40. The molecule has 0 amide bonds. The smallest absolute Gasteiger partial charge is 0.240 e. The first kappa shape index (κ1) is 15.9. The number of hydrogen-bond donors (Lipinski definition) is 3. The lowest BCUT2D eigenvalue weighted by atomic mass is 10.1. The molecule has 0 atom stereocenters. The maximum Gasteiger partial charge on any atom is 0.240 e.